The molecule has 6 heteroatoms. The summed E-state index contributed by atoms with van der Waals surface area (Å²) in [6, 6.07) is -0.915. The number of carbonyl (C=O) groups is 2. The van der Waals surface area contributed by atoms with Gasteiger partial charge in [-0.05, 0) is 19.3 Å². The Kier molecular flexibility index (Phi) is 6.55. The Balaban J connectivity index is 4.13. The molecule has 3 N–H and O–H groups in total. The fourth-order valence-corrected chi connectivity index (χ4v) is 1.81. The topological polar surface area (TPSA) is 89.6 Å². The molecule has 0 bridgehead atoms. The van der Waals surface area contributed by atoms with Gasteiger partial charge < -0.3 is 15.6 Å². The molecule has 0 saturated heterocycles. The summed E-state index contributed by atoms with van der Waals surface area (Å²) in [6.07, 6.45) is 0.502. The number of hydrogen-bond acceptors (Lipinski definition) is 4. The van der Waals surface area contributed by atoms with E-state index in [1.807, 2.05) is 13.8 Å². The van der Waals surface area contributed by atoms with Gasteiger partial charge in [-0.1, -0.05) is 26.6 Å². The van der Waals surface area contributed by atoms with E-state index in [0.717, 1.165) is 0 Å². The second-order valence-electron chi connectivity index (χ2n) is 5.99. The summed E-state index contributed by atoms with van der Waals surface area (Å²) in [5.74, 6) is -1.39. The molecule has 0 aromatic heterocycles. The van der Waals surface area contributed by atoms with E-state index < -0.39 is 20.1 Å². The highest BCUT2D eigenvalue weighted by Crippen LogP contribution is 2.15. The van der Waals surface area contributed by atoms with Gasteiger partial charge >= 0.3 is 11.9 Å². The van der Waals surface area contributed by atoms with Gasteiger partial charge in [0.25, 0.3) is 0 Å². The predicted molar refractivity (Wildman–Crippen MR) is 72.9 cm³/mol. The molecule has 0 rings (SSSR count). The molecular formula is C12H25NO4Si. The van der Waals surface area contributed by atoms with Gasteiger partial charge in [-0.3, -0.25) is 9.59 Å². The largest absolute Gasteiger partial charge is 0.480 e. The molecule has 0 fully saturated rings. The van der Waals surface area contributed by atoms with Gasteiger partial charge in [-0.2, -0.15) is 0 Å². The van der Waals surface area contributed by atoms with Crippen LogP contribution in [0.4, 0.5) is 0 Å². The monoisotopic (exact) mass is 275 g/mol. The Bertz CT molecular complexity index is 301. The van der Waals surface area contributed by atoms with Crippen molar-refractivity contribution < 1.29 is 19.4 Å². The van der Waals surface area contributed by atoms with Crippen molar-refractivity contribution in [1.29, 1.82) is 0 Å². The van der Waals surface area contributed by atoms with E-state index in [0.29, 0.717) is 0 Å². The van der Waals surface area contributed by atoms with E-state index in [1.165, 1.54) is 0 Å². The van der Waals surface area contributed by atoms with Crippen molar-refractivity contribution in [1.82, 2.24) is 0 Å². The Morgan fingerprint density at radius 3 is 2.17 bits per heavy atom. The van der Waals surface area contributed by atoms with Crippen LogP contribution in [0.3, 0.4) is 0 Å². The van der Waals surface area contributed by atoms with Gasteiger partial charge in [-0.15, -0.1) is 0 Å². The third-order valence-electron chi connectivity index (χ3n) is 3.02. The maximum absolute atomic E-state index is 11.7. The van der Waals surface area contributed by atoms with Crippen LogP contribution in [0.1, 0.15) is 26.7 Å². The quantitative estimate of drug-likeness (QED) is 0.544. The molecule has 0 aliphatic rings. The standard InChI is InChI=1S/C12H25NO4Si/c1-8(6-10(13)12(15)16)7-11(14)17-9(2)18(3,4)5/h8-10H,6-7,13H2,1-5H3,(H,15,16)/t8?,9?,10-/m0/s1. The second kappa shape index (κ2) is 6.89. The number of hydrogen-bond donors (Lipinski definition) is 2. The van der Waals surface area contributed by atoms with Crippen molar-refractivity contribution in [2.24, 2.45) is 11.7 Å². The van der Waals surface area contributed by atoms with Gasteiger partial charge in [0.15, 0.2) is 0 Å². The number of carbonyl (C=O) groups excluding carboxylic acids is 1. The average Bonchev–Trinajstić information content (AvgIpc) is 2.14. The van der Waals surface area contributed by atoms with Crippen LogP contribution < -0.4 is 5.73 Å². The predicted octanol–water partition coefficient (Wildman–Crippen LogP) is 1.62. The lowest BCUT2D eigenvalue weighted by Gasteiger charge is -2.25. The van der Waals surface area contributed by atoms with E-state index in [-0.39, 0.29) is 30.5 Å². The molecule has 0 saturated carbocycles. The van der Waals surface area contributed by atoms with Crippen molar-refractivity contribution in [2.45, 2.75) is 58.1 Å². The highest BCUT2D eigenvalue weighted by atomic mass is 28.3. The number of carboxylic acids is 1. The maximum atomic E-state index is 11.7. The van der Waals surface area contributed by atoms with Crippen LogP contribution in [0.25, 0.3) is 0 Å². The summed E-state index contributed by atoms with van der Waals surface area (Å²) in [6.45, 7) is 10.1. The minimum atomic E-state index is -1.49. The molecule has 106 valence electrons. The minimum absolute atomic E-state index is 0.0367. The number of rotatable bonds is 7. The van der Waals surface area contributed by atoms with Crippen molar-refractivity contribution in [2.75, 3.05) is 0 Å². The van der Waals surface area contributed by atoms with Crippen LogP contribution in [0.15, 0.2) is 0 Å². The van der Waals surface area contributed by atoms with E-state index in [1.54, 1.807) is 0 Å². The molecule has 0 aliphatic carbocycles. The lowest BCUT2D eigenvalue weighted by Crippen LogP contribution is -2.39. The van der Waals surface area contributed by atoms with Crippen LogP contribution in [-0.2, 0) is 14.3 Å². The van der Waals surface area contributed by atoms with Gasteiger partial charge in [-0.25, -0.2) is 0 Å². The summed E-state index contributed by atoms with van der Waals surface area (Å²) in [7, 11) is -1.49. The van der Waals surface area contributed by atoms with E-state index in [4.69, 9.17) is 15.6 Å². The van der Waals surface area contributed by atoms with E-state index >= 15 is 0 Å². The first-order valence-corrected chi connectivity index (χ1v) is 9.79. The van der Waals surface area contributed by atoms with Gasteiger partial charge in [0, 0.05) is 6.42 Å². The van der Waals surface area contributed by atoms with E-state index in [2.05, 4.69) is 19.6 Å². The summed E-state index contributed by atoms with van der Waals surface area (Å²) >= 11 is 0. The SMILES string of the molecule is CC(CC(=O)OC(C)[Si](C)(C)C)C[C@H](N)C(=O)O. The number of ether oxygens (including phenoxy) is 1. The molecule has 3 atom stereocenters. The summed E-state index contributed by atoms with van der Waals surface area (Å²) in [4.78, 5) is 22.3. The molecule has 0 aromatic rings. The van der Waals surface area contributed by atoms with Gasteiger partial charge in [0.2, 0.25) is 0 Å². The number of esters is 1. The molecule has 5 nitrogen and oxygen atoms in total. The molecule has 0 aliphatic heterocycles. The first kappa shape index (κ1) is 17.1. The number of carboxylic acid groups (broad SMARTS) is 1. The zero-order valence-electron chi connectivity index (χ0n) is 11.9. The molecule has 0 spiro atoms. The third-order valence-corrected chi connectivity index (χ3v) is 5.57. The van der Waals surface area contributed by atoms with Crippen LogP contribution in [-0.4, -0.2) is 36.9 Å². The van der Waals surface area contributed by atoms with Crippen LogP contribution in [0.2, 0.25) is 19.6 Å². The molecule has 0 heterocycles. The Labute approximate surface area is 110 Å². The minimum Gasteiger partial charge on any atom is -0.480 e. The third kappa shape index (κ3) is 6.76. The molecule has 2 unspecified atom stereocenters. The van der Waals surface area contributed by atoms with Crippen molar-refractivity contribution in [3.05, 3.63) is 0 Å². The Hall–Kier alpha value is -0.883. The zero-order valence-corrected chi connectivity index (χ0v) is 12.9. The van der Waals surface area contributed by atoms with E-state index in [9.17, 15) is 9.59 Å². The fourth-order valence-electron chi connectivity index (χ4n) is 1.32. The molecule has 18 heavy (non-hydrogen) atoms. The summed E-state index contributed by atoms with van der Waals surface area (Å²) in [5.41, 5.74) is 5.38. The van der Waals surface area contributed by atoms with Crippen LogP contribution in [0, 0.1) is 5.92 Å². The van der Waals surface area contributed by atoms with Crippen molar-refractivity contribution in [3.8, 4) is 0 Å². The van der Waals surface area contributed by atoms with Crippen molar-refractivity contribution >= 4 is 20.0 Å². The lowest BCUT2D eigenvalue weighted by molar-refractivity contribution is -0.147. The molecule has 0 radical (unpaired) electrons. The average molecular weight is 275 g/mol. The smallest absolute Gasteiger partial charge is 0.320 e. The zero-order chi connectivity index (χ0) is 14.5. The number of aliphatic carboxylic acids is 1. The summed E-state index contributed by atoms with van der Waals surface area (Å²) in [5, 5.41) is 8.68. The van der Waals surface area contributed by atoms with Crippen molar-refractivity contribution in [3.63, 3.8) is 0 Å². The first-order chi connectivity index (χ1) is 8.04. The molecule has 0 amide bonds. The Morgan fingerprint density at radius 2 is 1.78 bits per heavy atom. The lowest BCUT2D eigenvalue weighted by atomic mass is 9.99. The maximum Gasteiger partial charge on any atom is 0.320 e. The normalized spacial score (nSPS) is 16.8. The van der Waals surface area contributed by atoms with Crippen LogP contribution in [0.5, 0.6) is 0 Å². The first-order valence-electron chi connectivity index (χ1n) is 6.22. The Morgan fingerprint density at radius 1 is 1.28 bits per heavy atom. The number of nitrogens with two attached hydrogens (primary N) is 1. The summed E-state index contributed by atoms with van der Waals surface area (Å²) < 4.78 is 5.36. The fraction of sp³-hybridized carbons (Fsp3) is 0.833. The van der Waals surface area contributed by atoms with Gasteiger partial charge in [0.1, 0.15) is 6.04 Å². The second-order valence-corrected chi connectivity index (χ2v) is 11.5. The molecule has 0 aromatic carbocycles. The van der Waals surface area contributed by atoms with Gasteiger partial charge in [0.05, 0.1) is 13.8 Å². The van der Waals surface area contributed by atoms with Crippen LogP contribution >= 0.6 is 0 Å². The highest BCUT2D eigenvalue weighted by molar-refractivity contribution is 6.77. The highest BCUT2D eigenvalue weighted by Gasteiger charge is 2.27. The molecular weight excluding hydrogens is 250 g/mol.